The quantitative estimate of drug-likeness (QED) is 0.0713. The first-order valence-electron chi connectivity index (χ1n) is 16.8. The van der Waals surface area contributed by atoms with Gasteiger partial charge in [-0.3, -0.25) is 4.90 Å². The van der Waals surface area contributed by atoms with E-state index in [0.717, 1.165) is 62.5 Å². The smallest absolute Gasteiger partial charge is 0.416 e. The molecule has 0 unspecified atom stereocenters. The van der Waals surface area contributed by atoms with Gasteiger partial charge in [0.1, 0.15) is 27.1 Å². The van der Waals surface area contributed by atoms with Crippen LogP contribution in [0.2, 0.25) is 10.0 Å². The Hall–Kier alpha value is -3.76. The molecule has 0 N–H and O–H groups in total. The molecule has 4 aliphatic rings. The Kier molecular flexibility index (Phi) is 11.3. The number of benzene rings is 1. The molecule has 3 saturated heterocycles. The summed E-state index contributed by atoms with van der Waals surface area (Å²) >= 11 is 15.3. The first kappa shape index (κ1) is 36.6. The number of hydrogen-bond acceptors (Lipinski definition) is 11. The zero-order chi connectivity index (χ0) is 36.4. The monoisotopic (exact) mass is 794 g/mol. The van der Waals surface area contributed by atoms with E-state index in [-0.39, 0.29) is 45.5 Å². The summed E-state index contributed by atoms with van der Waals surface area (Å²) in [6.07, 6.45) is 6.03. The molecular formula is C35H34Cl2F2N4O7S2. The van der Waals surface area contributed by atoms with E-state index in [1.165, 1.54) is 34.4 Å². The molecular weight excluding hydrogens is 761 g/mol. The summed E-state index contributed by atoms with van der Waals surface area (Å²) < 4.78 is 49.6. The minimum absolute atomic E-state index is 0.0527. The van der Waals surface area contributed by atoms with E-state index in [9.17, 15) is 23.6 Å². The van der Waals surface area contributed by atoms with E-state index in [2.05, 4.69) is 9.88 Å². The molecule has 1 aliphatic carbocycles. The van der Waals surface area contributed by atoms with Gasteiger partial charge < -0.3 is 24.2 Å². The van der Waals surface area contributed by atoms with E-state index in [0.29, 0.717) is 50.9 Å². The van der Waals surface area contributed by atoms with Gasteiger partial charge in [-0.15, -0.1) is 22.7 Å². The average Bonchev–Trinajstić information content (AvgIpc) is 3.55. The van der Waals surface area contributed by atoms with Crippen molar-refractivity contribution in [2.75, 3.05) is 31.1 Å². The number of rotatable bonds is 14. The summed E-state index contributed by atoms with van der Waals surface area (Å²) in [7, 11) is 0. The first-order chi connectivity index (χ1) is 25.1. The fourth-order valence-corrected chi connectivity index (χ4v) is 8.48. The van der Waals surface area contributed by atoms with Crippen molar-refractivity contribution in [1.82, 2.24) is 9.88 Å². The van der Waals surface area contributed by atoms with Crippen LogP contribution >= 0.6 is 45.9 Å². The SMILES string of the molecule is O=C(O[C@@H](Cc1c(Cl)c[n+]([O-])cc1Cl)c1ccc(OC(F)F)c(OCC2CC2)c1)c1ccc(CN(C(=O)O[C@H]2CN3CCC2CC3)c2nccs2)s1. The number of piperidine rings is 3. The predicted octanol–water partition coefficient (Wildman–Crippen LogP) is 7.91. The molecule has 8 rings (SSSR count). The summed E-state index contributed by atoms with van der Waals surface area (Å²) in [5, 5.41) is 14.3. The zero-order valence-electron chi connectivity index (χ0n) is 27.6. The number of nitrogens with zero attached hydrogens (tertiary/aromatic N) is 4. The van der Waals surface area contributed by atoms with Gasteiger partial charge in [0.15, 0.2) is 29.0 Å². The molecule has 3 aromatic heterocycles. The van der Waals surface area contributed by atoms with Crippen molar-refractivity contribution in [3.63, 3.8) is 0 Å². The van der Waals surface area contributed by atoms with Gasteiger partial charge in [-0.05, 0) is 80.4 Å². The number of thiophene rings is 1. The highest BCUT2D eigenvalue weighted by molar-refractivity contribution is 7.14. The second kappa shape index (κ2) is 16.1. The van der Waals surface area contributed by atoms with E-state index in [1.54, 1.807) is 23.7 Å². The normalized spacial score (nSPS) is 20.1. The Morgan fingerprint density at radius 2 is 1.85 bits per heavy atom. The zero-order valence-corrected chi connectivity index (χ0v) is 30.8. The molecule has 4 aromatic rings. The molecule has 4 fully saturated rings. The number of thiazole rings is 1. The van der Waals surface area contributed by atoms with Crippen molar-refractivity contribution in [3.8, 4) is 11.5 Å². The summed E-state index contributed by atoms with van der Waals surface area (Å²) in [5.74, 6) is -0.128. The third-order valence-electron chi connectivity index (χ3n) is 9.32. The maximum absolute atomic E-state index is 13.8. The van der Waals surface area contributed by atoms with Gasteiger partial charge >= 0.3 is 18.7 Å². The van der Waals surface area contributed by atoms with Crippen LogP contribution in [0.5, 0.6) is 11.5 Å². The molecule has 276 valence electrons. The van der Waals surface area contributed by atoms with Crippen LogP contribution in [0.25, 0.3) is 0 Å². The lowest BCUT2D eigenvalue weighted by atomic mass is 9.86. The number of hydrogen-bond donors (Lipinski definition) is 0. The van der Waals surface area contributed by atoms with Crippen molar-refractivity contribution >= 4 is 63.1 Å². The number of amides is 1. The van der Waals surface area contributed by atoms with Gasteiger partial charge in [-0.25, -0.2) is 19.5 Å². The highest BCUT2D eigenvalue weighted by atomic mass is 35.5. The molecule has 2 bridgehead atoms. The number of halogens is 4. The lowest BCUT2D eigenvalue weighted by Gasteiger charge is -2.44. The molecule has 17 heteroatoms. The Bertz CT molecular complexity index is 1870. The van der Waals surface area contributed by atoms with Crippen molar-refractivity contribution in [1.29, 1.82) is 0 Å². The molecule has 1 aromatic carbocycles. The average molecular weight is 796 g/mol. The molecule has 6 heterocycles. The lowest BCUT2D eigenvalue weighted by Crippen LogP contribution is -2.53. The number of carbonyl (C=O) groups excluding carboxylic acids is 2. The summed E-state index contributed by atoms with van der Waals surface area (Å²) in [6, 6.07) is 7.64. The highest BCUT2D eigenvalue weighted by Gasteiger charge is 2.38. The van der Waals surface area contributed by atoms with Crippen molar-refractivity contribution in [3.05, 3.63) is 90.4 Å². The van der Waals surface area contributed by atoms with Gasteiger partial charge in [0.2, 0.25) is 0 Å². The largest absolute Gasteiger partial charge is 0.619 e. The van der Waals surface area contributed by atoms with Crippen LogP contribution in [0.15, 0.2) is 54.3 Å². The van der Waals surface area contributed by atoms with Gasteiger partial charge in [-0.2, -0.15) is 13.5 Å². The Balaban J connectivity index is 1.11. The van der Waals surface area contributed by atoms with E-state index in [4.69, 9.17) is 42.1 Å². The van der Waals surface area contributed by atoms with Crippen LogP contribution in [0.1, 0.15) is 57.5 Å². The molecule has 11 nitrogen and oxygen atoms in total. The third kappa shape index (κ3) is 8.88. The van der Waals surface area contributed by atoms with Gasteiger partial charge in [0.25, 0.3) is 0 Å². The summed E-state index contributed by atoms with van der Waals surface area (Å²) in [6.45, 7) is 0.102. The van der Waals surface area contributed by atoms with Crippen LogP contribution in [0.4, 0.5) is 18.7 Å². The minimum Gasteiger partial charge on any atom is -0.619 e. The van der Waals surface area contributed by atoms with Gasteiger partial charge in [0, 0.05) is 35.0 Å². The number of pyridine rings is 1. The standard InChI is InChI=1S/C35H34Cl2F2N4O7S2/c36-25-16-42(46)17-26(37)24(25)14-28(22-3-5-27(49-33(38)39)29(13-22)47-19-20-1-2-20)48-32(44)31-6-4-23(52-31)15-43(34-40-9-12-51-34)35(45)50-30-18-41-10-7-21(30)8-11-41/h3-6,9,12-13,16-17,20-21,28,30,33H,1-2,7-8,10-11,14-15,18-19H2/t28-,30-/m0/s1. The Morgan fingerprint density at radius 1 is 1.08 bits per heavy atom. The molecule has 0 radical (unpaired) electrons. The fraction of sp³-hybridized carbons (Fsp3) is 0.429. The van der Waals surface area contributed by atoms with Gasteiger partial charge in [-0.1, -0.05) is 29.3 Å². The predicted molar refractivity (Wildman–Crippen MR) is 191 cm³/mol. The maximum atomic E-state index is 13.8. The van der Waals surface area contributed by atoms with Crippen molar-refractivity contribution in [2.24, 2.45) is 11.8 Å². The number of carbonyl (C=O) groups is 2. The van der Waals surface area contributed by atoms with Crippen LogP contribution in [-0.4, -0.2) is 60.9 Å². The molecule has 1 amide bonds. The fourth-order valence-electron chi connectivity index (χ4n) is 6.37. The van der Waals surface area contributed by atoms with E-state index in [1.807, 2.05) is 0 Å². The molecule has 1 saturated carbocycles. The Labute approximate surface area is 316 Å². The summed E-state index contributed by atoms with van der Waals surface area (Å²) in [4.78, 5) is 36.4. The summed E-state index contributed by atoms with van der Waals surface area (Å²) in [5.41, 5.74) is 0.739. The third-order valence-corrected chi connectivity index (χ3v) is 11.8. The van der Waals surface area contributed by atoms with Crippen LogP contribution in [-0.2, 0) is 22.4 Å². The lowest BCUT2D eigenvalue weighted by molar-refractivity contribution is -0.605. The van der Waals surface area contributed by atoms with Gasteiger partial charge in [0.05, 0.1) is 13.2 Å². The number of aromatic nitrogens is 2. The Morgan fingerprint density at radius 3 is 2.50 bits per heavy atom. The number of anilines is 1. The first-order valence-corrected chi connectivity index (χ1v) is 19.2. The van der Waals surface area contributed by atoms with Crippen LogP contribution < -0.4 is 19.1 Å². The maximum Gasteiger partial charge on any atom is 0.416 e. The molecule has 3 aliphatic heterocycles. The number of esters is 1. The number of ether oxygens (including phenoxy) is 4. The molecule has 2 atom stereocenters. The topological polar surface area (TPSA) is 117 Å². The highest BCUT2D eigenvalue weighted by Crippen LogP contribution is 2.39. The molecule has 52 heavy (non-hydrogen) atoms. The van der Waals surface area contributed by atoms with Crippen molar-refractivity contribution < 1.29 is 42.0 Å². The van der Waals surface area contributed by atoms with Crippen LogP contribution in [0.3, 0.4) is 0 Å². The molecule has 0 spiro atoms. The minimum atomic E-state index is -3.08. The second-order valence-electron chi connectivity index (χ2n) is 13.0. The van der Waals surface area contributed by atoms with E-state index < -0.39 is 24.8 Å². The number of alkyl halides is 2. The van der Waals surface area contributed by atoms with E-state index >= 15 is 0 Å². The van der Waals surface area contributed by atoms with Crippen LogP contribution in [0, 0.1) is 17.0 Å². The second-order valence-corrected chi connectivity index (χ2v) is 15.8. The number of fused-ring (bicyclic) bond motifs is 3. The van der Waals surface area contributed by atoms with Crippen molar-refractivity contribution in [2.45, 2.75) is 57.5 Å².